The molecule has 0 radical (unpaired) electrons. The molecule has 2 atom stereocenters. The zero-order valence-corrected chi connectivity index (χ0v) is 26.5. The van der Waals surface area contributed by atoms with Crippen LogP contribution in [0.3, 0.4) is 0 Å². The lowest BCUT2D eigenvalue weighted by atomic mass is 10.1. The van der Waals surface area contributed by atoms with Crippen molar-refractivity contribution in [1.29, 1.82) is 0 Å². The topological polar surface area (TPSA) is 96.0 Å². The van der Waals surface area contributed by atoms with Crippen LogP contribution in [0.4, 0.5) is 5.69 Å². The number of nitrogens with one attached hydrogen (secondary N) is 1. The monoisotopic (exact) mass is 633 g/mol. The number of hydrogen-bond acceptors (Lipinski definition) is 5. The van der Waals surface area contributed by atoms with Crippen molar-refractivity contribution in [3.8, 4) is 5.75 Å². The van der Waals surface area contributed by atoms with Crippen molar-refractivity contribution in [1.82, 2.24) is 10.2 Å². The van der Waals surface area contributed by atoms with Crippen molar-refractivity contribution in [2.75, 3.05) is 17.5 Å². The second-order valence-electron chi connectivity index (χ2n) is 9.75. The van der Waals surface area contributed by atoms with E-state index < -0.39 is 28.5 Å². The molecule has 1 N–H and O–H groups in total. The van der Waals surface area contributed by atoms with Gasteiger partial charge in [0.15, 0.2) is 0 Å². The molecule has 0 heterocycles. The van der Waals surface area contributed by atoms with E-state index in [4.69, 9.17) is 27.9 Å². The van der Waals surface area contributed by atoms with Gasteiger partial charge in [0.25, 0.3) is 10.0 Å². The van der Waals surface area contributed by atoms with Crippen molar-refractivity contribution in [3.63, 3.8) is 0 Å². The first-order valence-electron chi connectivity index (χ1n) is 13.9. The fraction of sp³-hybridized carbons (Fsp3) is 0.355. The number of amides is 2. The SMILES string of the molecule is CCOc1ccc(N(CC(=O)N(Cc2ccccc2Cl)C(CC)C(=O)NC(C)CC)S(=O)(=O)c2ccc(Cl)cc2)cc1. The van der Waals surface area contributed by atoms with Gasteiger partial charge in [-0.2, -0.15) is 0 Å². The summed E-state index contributed by atoms with van der Waals surface area (Å²) in [4.78, 5) is 28.9. The van der Waals surface area contributed by atoms with Gasteiger partial charge in [0, 0.05) is 22.6 Å². The molecule has 0 saturated carbocycles. The van der Waals surface area contributed by atoms with E-state index in [-0.39, 0.29) is 29.1 Å². The second kappa shape index (κ2) is 15.3. The van der Waals surface area contributed by atoms with Crippen LogP contribution in [0.15, 0.2) is 77.7 Å². The van der Waals surface area contributed by atoms with Gasteiger partial charge in [0.2, 0.25) is 11.8 Å². The molecule has 3 aromatic rings. The highest BCUT2D eigenvalue weighted by Crippen LogP contribution is 2.28. The van der Waals surface area contributed by atoms with Crippen LogP contribution in [0.5, 0.6) is 5.75 Å². The van der Waals surface area contributed by atoms with Gasteiger partial charge in [-0.25, -0.2) is 8.42 Å². The predicted octanol–water partition coefficient (Wildman–Crippen LogP) is 6.31. The van der Waals surface area contributed by atoms with Crippen LogP contribution in [0.25, 0.3) is 0 Å². The van der Waals surface area contributed by atoms with E-state index in [0.717, 1.165) is 4.31 Å². The van der Waals surface area contributed by atoms with E-state index in [9.17, 15) is 18.0 Å². The predicted molar refractivity (Wildman–Crippen MR) is 168 cm³/mol. The quantitative estimate of drug-likeness (QED) is 0.224. The van der Waals surface area contributed by atoms with Gasteiger partial charge < -0.3 is 15.0 Å². The Hall–Kier alpha value is -3.27. The Morgan fingerprint density at radius 2 is 1.55 bits per heavy atom. The zero-order valence-electron chi connectivity index (χ0n) is 24.2. The summed E-state index contributed by atoms with van der Waals surface area (Å²) >= 11 is 12.5. The van der Waals surface area contributed by atoms with E-state index in [2.05, 4.69) is 5.32 Å². The molecule has 0 aliphatic carbocycles. The van der Waals surface area contributed by atoms with Crippen LogP contribution >= 0.6 is 23.2 Å². The standard InChI is InChI=1S/C31H37Cl2N3O5S/c1-5-22(4)34-31(38)29(6-2)35(20-23-10-8-9-11-28(23)33)30(37)21-36(25-14-16-26(17-15-25)41-7-3)42(39,40)27-18-12-24(32)13-19-27/h8-19,22,29H,5-7,20-21H2,1-4H3,(H,34,38). The summed E-state index contributed by atoms with van der Waals surface area (Å²) in [5, 5.41) is 3.77. The number of rotatable bonds is 14. The fourth-order valence-corrected chi connectivity index (χ4v) is 6.04. The Labute approximate surface area is 258 Å². The first-order valence-corrected chi connectivity index (χ1v) is 16.1. The number of anilines is 1. The number of halogens is 2. The van der Waals surface area contributed by atoms with Gasteiger partial charge in [-0.05, 0) is 86.8 Å². The van der Waals surface area contributed by atoms with Gasteiger partial charge in [0.05, 0.1) is 17.2 Å². The number of carbonyl (C=O) groups is 2. The van der Waals surface area contributed by atoms with Crippen LogP contribution in [-0.2, 0) is 26.2 Å². The molecule has 42 heavy (non-hydrogen) atoms. The van der Waals surface area contributed by atoms with Gasteiger partial charge in [-0.3, -0.25) is 13.9 Å². The normalized spacial score (nSPS) is 12.7. The molecule has 226 valence electrons. The number of nitrogens with zero attached hydrogens (tertiary/aromatic N) is 2. The Kier molecular flexibility index (Phi) is 12.1. The van der Waals surface area contributed by atoms with Crippen LogP contribution in [0.1, 0.15) is 46.1 Å². The summed E-state index contributed by atoms with van der Waals surface area (Å²) in [5.74, 6) is -0.322. The third-order valence-corrected chi connectivity index (χ3v) is 9.21. The molecular weight excluding hydrogens is 597 g/mol. The largest absolute Gasteiger partial charge is 0.494 e. The number of hydrogen-bond donors (Lipinski definition) is 1. The highest BCUT2D eigenvalue weighted by molar-refractivity contribution is 7.92. The lowest BCUT2D eigenvalue weighted by Gasteiger charge is -2.34. The van der Waals surface area contributed by atoms with E-state index >= 15 is 0 Å². The minimum Gasteiger partial charge on any atom is -0.494 e. The molecule has 8 nitrogen and oxygen atoms in total. The molecule has 0 aromatic heterocycles. The molecule has 3 rings (SSSR count). The molecule has 0 aliphatic heterocycles. The fourth-order valence-electron chi connectivity index (χ4n) is 4.31. The lowest BCUT2D eigenvalue weighted by molar-refractivity contribution is -0.140. The first kappa shape index (κ1) is 33.2. The average molecular weight is 635 g/mol. The zero-order chi connectivity index (χ0) is 30.9. The minimum absolute atomic E-state index is 0.0169. The molecule has 0 bridgehead atoms. The summed E-state index contributed by atoms with van der Waals surface area (Å²) in [6, 6.07) is 18.3. The molecule has 3 aromatic carbocycles. The van der Waals surface area contributed by atoms with Gasteiger partial charge in [-0.15, -0.1) is 0 Å². The third kappa shape index (κ3) is 8.40. The van der Waals surface area contributed by atoms with E-state index in [1.165, 1.54) is 29.2 Å². The molecular formula is C31H37Cl2N3O5S. The summed E-state index contributed by atoms with van der Waals surface area (Å²) in [6.07, 6.45) is 1.02. The summed E-state index contributed by atoms with van der Waals surface area (Å²) in [5.41, 5.74) is 0.895. The summed E-state index contributed by atoms with van der Waals surface area (Å²) in [7, 11) is -4.22. The van der Waals surface area contributed by atoms with Crippen molar-refractivity contribution >= 4 is 50.7 Å². The van der Waals surface area contributed by atoms with Gasteiger partial charge in [0.1, 0.15) is 18.3 Å². The van der Waals surface area contributed by atoms with Gasteiger partial charge >= 0.3 is 0 Å². The molecule has 11 heteroatoms. The van der Waals surface area contributed by atoms with Crippen molar-refractivity contribution in [3.05, 3.63) is 88.4 Å². The molecule has 2 unspecified atom stereocenters. The first-order chi connectivity index (χ1) is 20.0. The maximum atomic E-state index is 14.2. The van der Waals surface area contributed by atoms with Crippen molar-refractivity contribution < 1.29 is 22.7 Å². The highest BCUT2D eigenvalue weighted by Gasteiger charge is 2.34. The Bertz CT molecular complexity index is 1450. The Balaban J connectivity index is 2.07. The Morgan fingerprint density at radius 1 is 0.905 bits per heavy atom. The molecule has 0 saturated heterocycles. The maximum Gasteiger partial charge on any atom is 0.264 e. The van der Waals surface area contributed by atoms with E-state index in [1.54, 1.807) is 48.5 Å². The Morgan fingerprint density at radius 3 is 2.12 bits per heavy atom. The number of ether oxygens (including phenoxy) is 1. The van der Waals surface area contributed by atoms with Gasteiger partial charge in [-0.1, -0.05) is 55.2 Å². The van der Waals surface area contributed by atoms with Crippen LogP contribution < -0.4 is 14.4 Å². The molecule has 0 aliphatic rings. The van der Waals surface area contributed by atoms with Crippen LogP contribution in [-0.4, -0.2) is 50.4 Å². The number of carbonyl (C=O) groups excluding carboxylic acids is 2. The van der Waals surface area contributed by atoms with Crippen molar-refractivity contribution in [2.24, 2.45) is 0 Å². The smallest absolute Gasteiger partial charge is 0.264 e. The summed E-state index contributed by atoms with van der Waals surface area (Å²) < 4.78 is 34.5. The van der Waals surface area contributed by atoms with Crippen LogP contribution in [0, 0.1) is 0 Å². The number of benzene rings is 3. The second-order valence-corrected chi connectivity index (χ2v) is 12.5. The molecule has 2 amide bonds. The highest BCUT2D eigenvalue weighted by atomic mass is 35.5. The lowest BCUT2D eigenvalue weighted by Crippen LogP contribution is -2.53. The summed E-state index contributed by atoms with van der Waals surface area (Å²) in [6.45, 7) is 7.39. The maximum absolute atomic E-state index is 14.2. The average Bonchev–Trinajstić information content (AvgIpc) is 2.97. The van der Waals surface area contributed by atoms with Crippen LogP contribution in [0.2, 0.25) is 10.0 Å². The molecule has 0 fully saturated rings. The van der Waals surface area contributed by atoms with Crippen molar-refractivity contribution in [2.45, 2.75) is 64.1 Å². The number of sulfonamides is 1. The third-order valence-electron chi connectivity index (χ3n) is 6.80. The van der Waals surface area contributed by atoms with E-state index in [0.29, 0.717) is 40.8 Å². The minimum atomic E-state index is -4.22. The molecule has 0 spiro atoms. The van der Waals surface area contributed by atoms with E-state index in [1.807, 2.05) is 27.7 Å².